The standard InChI is InChI=1S/C13H19Cl2NO/c1-13(2,3)16-8-5-9-17-11-7-4-6-10(14)12(11)15/h4,6-7,16H,5,8-9H2,1-3H3. The Balaban J connectivity index is 2.29. The van der Waals surface area contributed by atoms with Crippen molar-refractivity contribution in [1.82, 2.24) is 5.32 Å². The summed E-state index contributed by atoms with van der Waals surface area (Å²) in [4.78, 5) is 0. The summed E-state index contributed by atoms with van der Waals surface area (Å²) < 4.78 is 5.58. The molecule has 1 rings (SSSR count). The molecule has 0 saturated heterocycles. The summed E-state index contributed by atoms with van der Waals surface area (Å²) in [5, 5.41) is 4.40. The molecule has 0 aliphatic carbocycles. The molecule has 0 heterocycles. The molecule has 1 N–H and O–H groups in total. The Bertz CT molecular complexity index is 361. The van der Waals surface area contributed by atoms with Gasteiger partial charge in [-0.05, 0) is 45.9 Å². The topological polar surface area (TPSA) is 21.3 Å². The van der Waals surface area contributed by atoms with Gasteiger partial charge in [-0.2, -0.15) is 0 Å². The van der Waals surface area contributed by atoms with Gasteiger partial charge in [0.1, 0.15) is 10.8 Å². The smallest absolute Gasteiger partial charge is 0.139 e. The lowest BCUT2D eigenvalue weighted by Gasteiger charge is -2.20. The van der Waals surface area contributed by atoms with E-state index in [1.54, 1.807) is 6.07 Å². The van der Waals surface area contributed by atoms with Crippen molar-refractivity contribution < 1.29 is 4.74 Å². The third-order valence-electron chi connectivity index (χ3n) is 2.15. The molecule has 0 fully saturated rings. The zero-order valence-corrected chi connectivity index (χ0v) is 12.0. The highest BCUT2D eigenvalue weighted by Gasteiger charge is 2.08. The highest BCUT2D eigenvalue weighted by Crippen LogP contribution is 2.31. The molecular formula is C13H19Cl2NO. The zero-order valence-electron chi connectivity index (χ0n) is 10.5. The Morgan fingerprint density at radius 2 is 1.94 bits per heavy atom. The molecule has 96 valence electrons. The van der Waals surface area contributed by atoms with E-state index in [0.717, 1.165) is 13.0 Å². The van der Waals surface area contributed by atoms with Gasteiger partial charge in [0.15, 0.2) is 0 Å². The highest BCUT2D eigenvalue weighted by molar-refractivity contribution is 6.42. The average molecular weight is 276 g/mol. The van der Waals surface area contributed by atoms with Crippen LogP contribution >= 0.6 is 23.2 Å². The van der Waals surface area contributed by atoms with Gasteiger partial charge in [0, 0.05) is 5.54 Å². The summed E-state index contributed by atoms with van der Waals surface area (Å²) >= 11 is 11.9. The van der Waals surface area contributed by atoms with E-state index in [4.69, 9.17) is 27.9 Å². The quantitative estimate of drug-likeness (QED) is 0.816. The van der Waals surface area contributed by atoms with Gasteiger partial charge < -0.3 is 10.1 Å². The van der Waals surface area contributed by atoms with Gasteiger partial charge in [-0.15, -0.1) is 0 Å². The molecule has 0 saturated carbocycles. The maximum Gasteiger partial charge on any atom is 0.139 e. The Hall–Kier alpha value is -0.440. The first-order chi connectivity index (χ1) is 7.90. The minimum Gasteiger partial charge on any atom is -0.492 e. The third-order valence-corrected chi connectivity index (χ3v) is 2.95. The third kappa shape index (κ3) is 5.62. The van der Waals surface area contributed by atoms with E-state index in [1.165, 1.54) is 0 Å². The van der Waals surface area contributed by atoms with Gasteiger partial charge in [0.25, 0.3) is 0 Å². The zero-order chi connectivity index (χ0) is 12.9. The van der Waals surface area contributed by atoms with Gasteiger partial charge in [0.2, 0.25) is 0 Å². The molecular weight excluding hydrogens is 257 g/mol. The number of hydrogen-bond acceptors (Lipinski definition) is 2. The molecule has 0 radical (unpaired) electrons. The van der Waals surface area contributed by atoms with Crippen molar-refractivity contribution in [1.29, 1.82) is 0 Å². The maximum atomic E-state index is 6.01. The first kappa shape index (κ1) is 14.6. The second-order valence-electron chi connectivity index (χ2n) is 4.93. The van der Waals surface area contributed by atoms with Crippen LogP contribution in [0.4, 0.5) is 0 Å². The number of hydrogen-bond donors (Lipinski definition) is 1. The van der Waals surface area contributed by atoms with Crippen molar-refractivity contribution in [3.63, 3.8) is 0 Å². The van der Waals surface area contributed by atoms with Gasteiger partial charge in [0.05, 0.1) is 11.6 Å². The molecule has 0 amide bonds. The van der Waals surface area contributed by atoms with E-state index in [0.29, 0.717) is 22.4 Å². The molecule has 2 nitrogen and oxygen atoms in total. The molecule has 4 heteroatoms. The van der Waals surface area contributed by atoms with Gasteiger partial charge in [-0.1, -0.05) is 29.3 Å². The van der Waals surface area contributed by atoms with E-state index in [-0.39, 0.29) is 5.54 Å². The molecule has 0 unspecified atom stereocenters. The molecule has 1 aromatic carbocycles. The summed E-state index contributed by atoms with van der Waals surface area (Å²) in [5.41, 5.74) is 0.147. The van der Waals surface area contributed by atoms with Gasteiger partial charge in [-0.25, -0.2) is 0 Å². The molecule has 17 heavy (non-hydrogen) atoms. The van der Waals surface area contributed by atoms with Crippen LogP contribution in [0.2, 0.25) is 10.0 Å². The molecule has 0 aromatic heterocycles. The van der Waals surface area contributed by atoms with Crippen molar-refractivity contribution >= 4 is 23.2 Å². The van der Waals surface area contributed by atoms with E-state index in [1.807, 2.05) is 12.1 Å². The van der Waals surface area contributed by atoms with Gasteiger partial charge in [-0.3, -0.25) is 0 Å². The Kier molecular flexibility index (Phi) is 5.57. The largest absolute Gasteiger partial charge is 0.492 e. The van der Waals surface area contributed by atoms with Crippen LogP contribution in [0.25, 0.3) is 0 Å². The van der Waals surface area contributed by atoms with Crippen molar-refractivity contribution in [2.24, 2.45) is 0 Å². The monoisotopic (exact) mass is 275 g/mol. The molecule has 1 aromatic rings. The van der Waals surface area contributed by atoms with E-state index in [9.17, 15) is 0 Å². The number of halogens is 2. The molecule has 0 atom stereocenters. The first-order valence-electron chi connectivity index (χ1n) is 5.72. The number of ether oxygens (including phenoxy) is 1. The van der Waals surface area contributed by atoms with E-state index in [2.05, 4.69) is 26.1 Å². The maximum absolute atomic E-state index is 6.01. The summed E-state index contributed by atoms with van der Waals surface area (Å²) in [6.07, 6.45) is 0.931. The fraction of sp³-hybridized carbons (Fsp3) is 0.538. The number of nitrogens with one attached hydrogen (secondary N) is 1. The second kappa shape index (κ2) is 6.48. The van der Waals surface area contributed by atoms with Crippen molar-refractivity contribution in [2.75, 3.05) is 13.2 Å². The fourth-order valence-corrected chi connectivity index (χ4v) is 1.66. The minimum atomic E-state index is 0.147. The van der Waals surface area contributed by atoms with Crippen LogP contribution in [-0.4, -0.2) is 18.7 Å². The first-order valence-corrected chi connectivity index (χ1v) is 6.47. The minimum absolute atomic E-state index is 0.147. The molecule has 0 aliphatic rings. The highest BCUT2D eigenvalue weighted by atomic mass is 35.5. The van der Waals surface area contributed by atoms with E-state index >= 15 is 0 Å². The lowest BCUT2D eigenvalue weighted by atomic mass is 10.1. The van der Waals surface area contributed by atoms with Crippen molar-refractivity contribution in [3.8, 4) is 5.75 Å². The van der Waals surface area contributed by atoms with Crippen LogP contribution in [0.1, 0.15) is 27.2 Å². The van der Waals surface area contributed by atoms with Crippen LogP contribution < -0.4 is 10.1 Å². The van der Waals surface area contributed by atoms with E-state index < -0.39 is 0 Å². The van der Waals surface area contributed by atoms with Crippen LogP contribution in [0.3, 0.4) is 0 Å². The summed E-state index contributed by atoms with van der Waals surface area (Å²) in [5.74, 6) is 0.648. The summed E-state index contributed by atoms with van der Waals surface area (Å²) in [6.45, 7) is 7.97. The van der Waals surface area contributed by atoms with Crippen LogP contribution in [-0.2, 0) is 0 Å². The Morgan fingerprint density at radius 1 is 1.24 bits per heavy atom. The van der Waals surface area contributed by atoms with Crippen molar-refractivity contribution in [3.05, 3.63) is 28.2 Å². The van der Waals surface area contributed by atoms with Crippen LogP contribution in [0.15, 0.2) is 18.2 Å². The Labute approximate surface area is 113 Å². The summed E-state index contributed by atoms with van der Waals surface area (Å²) in [6, 6.07) is 5.40. The Morgan fingerprint density at radius 3 is 2.59 bits per heavy atom. The number of rotatable bonds is 5. The number of benzene rings is 1. The van der Waals surface area contributed by atoms with Crippen molar-refractivity contribution in [2.45, 2.75) is 32.7 Å². The second-order valence-corrected chi connectivity index (χ2v) is 5.72. The lowest BCUT2D eigenvalue weighted by Crippen LogP contribution is -2.36. The fourth-order valence-electron chi connectivity index (χ4n) is 1.31. The summed E-state index contributed by atoms with van der Waals surface area (Å²) in [7, 11) is 0. The molecule has 0 aliphatic heterocycles. The average Bonchev–Trinajstić information content (AvgIpc) is 2.22. The molecule has 0 spiro atoms. The predicted molar refractivity (Wildman–Crippen MR) is 74.3 cm³/mol. The normalized spacial score (nSPS) is 11.6. The van der Waals surface area contributed by atoms with Crippen LogP contribution in [0, 0.1) is 0 Å². The predicted octanol–water partition coefficient (Wildman–Crippen LogP) is 4.15. The van der Waals surface area contributed by atoms with Crippen LogP contribution in [0.5, 0.6) is 5.75 Å². The lowest BCUT2D eigenvalue weighted by molar-refractivity contribution is 0.298. The van der Waals surface area contributed by atoms with Gasteiger partial charge >= 0.3 is 0 Å². The molecule has 0 bridgehead atoms. The SMILES string of the molecule is CC(C)(C)NCCCOc1cccc(Cl)c1Cl.